The molecule has 0 unspecified atom stereocenters. The van der Waals surface area contributed by atoms with Crippen LogP contribution < -0.4 is 10.2 Å². The van der Waals surface area contributed by atoms with Gasteiger partial charge in [-0.1, -0.05) is 70.5 Å². The second-order valence-electron chi connectivity index (χ2n) is 7.32. The van der Waals surface area contributed by atoms with Gasteiger partial charge in [0, 0.05) is 15.8 Å². The van der Waals surface area contributed by atoms with Crippen molar-refractivity contribution in [3.63, 3.8) is 0 Å². The summed E-state index contributed by atoms with van der Waals surface area (Å²) in [6, 6.07) is 24.8. The Bertz CT molecular complexity index is 1110. The van der Waals surface area contributed by atoms with Crippen LogP contribution in [-0.4, -0.2) is 17.4 Å². The largest absolute Gasteiger partial charge is 0.323 e. The van der Waals surface area contributed by atoms with Gasteiger partial charge in [0.2, 0.25) is 5.91 Å². The fraction of sp³-hybridized carbons (Fsp3) is 0.120. The summed E-state index contributed by atoms with van der Waals surface area (Å²) in [5, 5.41) is 3.03. The van der Waals surface area contributed by atoms with Gasteiger partial charge in [0.25, 0.3) is 5.91 Å². The normalized spacial score (nSPS) is 18.3. The minimum absolute atomic E-state index is 0.0880. The van der Waals surface area contributed by atoms with E-state index in [0.717, 1.165) is 21.3 Å². The monoisotopic (exact) mass is 460 g/mol. The van der Waals surface area contributed by atoms with Crippen molar-refractivity contribution in [1.82, 2.24) is 0 Å². The van der Waals surface area contributed by atoms with E-state index in [1.165, 1.54) is 0 Å². The Morgan fingerprint density at radius 3 is 2.33 bits per heavy atom. The van der Waals surface area contributed by atoms with Gasteiger partial charge in [0.05, 0.1) is 6.42 Å². The first-order chi connectivity index (χ1) is 14.5. The molecule has 0 saturated carbocycles. The summed E-state index contributed by atoms with van der Waals surface area (Å²) in [5.74, 6) is -0.318. The summed E-state index contributed by atoms with van der Waals surface area (Å²) in [4.78, 5) is 27.8. The lowest BCUT2D eigenvalue weighted by Crippen LogP contribution is -2.68. The summed E-state index contributed by atoms with van der Waals surface area (Å²) in [7, 11) is 0. The second-order valence-corrected chi connectivity index (χ2v) is 8.24. The first-order valence-electron chi connectivity index (χ1n) is 9.70. The molecular formula is C25H21BrN2O2. The van der Waals surface area contributed by atoms with Gasteiger partial charge in [-0.05, 0) is 54.5 Å². The van der Waals surface area contributed by atoms with Gasteiger partial charge < -0.3 is 5.32 Å². The molecule has 30 heavy (non-hydrogen) atoms. The highest BCUT2D eigenvalue weighted by molar-refractivity contribution is 9.10. The molecule has 0 radical (unpaired) electrons. The Labute approximate surface area is 184 Å². The maximum Gasteiger partial charge on any atom is 0.255 e. The number of nitrogens with one attached hydrogen (secondary N) is 1. The minimum Gasteiger partial charge on any atom is -0.323 e. The van der Waals surface area contributed by atoms with Crippen molar-refractivity contribution in [2.45, 2.75) is 18.9 Å². The molecule has 0 aliphatic carbocycles. The zero-order valence-electron chi connectivity index (χ0n) is 16.5. The quantitative estimate of drug-likeness (QED) is 0.504. The molecule has 150 valence electrons. The predicted molar refractivity (Wildman–Crippen MR) is 124 cm³/mol. The smallest absolute Gasteiger partial charge is 0.255 e. The number of amides is 2. The Morgan fingerprint density at radius 2 is 1.67 bits per heavy atom. The highest BCUT2D eigenvalue weighted by Gasteiger charge is 2.55. The number of nitrogens with zero attached hydrogens (tertiary/aromatic N) is 1. The Hall–Kier alpha value is -3.18. The minimum atomic E-state index is -1.09. The molecule has 4 rings (SSSR count). The summed E-state index contributed by atoms with van der Waals surface area (Å²) in [5.41, 5.74) is 2.27. The molecule has 1 N–H and O–H groups in total. The van der Waals surface area contributed by atoms with Gasteiger partial charge in [-0.3, -0.25) is 14.5 Å². The van der Waals surface area contributed by atoms with E-state index in [0.29, 0.717) is 5.69 Å². The van der Waals surface area contributed by atoms with Crippen LogP contribution in [0.15, 0.2) is 89.4 Å². The third-order valence-electron chi connectivity index (χ3n) is 5.29. The lowest BCUT2D eigenvalue weighted by molar-refractivity contribution is -0.134. The number of aryl methyl sites for hydroxylation is 1. The van der Waals surface area contributed by atoms with Gasteiger partial charge in [0.15, 0.2) is 5.54 Å². The lowest BCUT2D eigenvalue weighted by atomic mass is 9.81. The standard InChI is InChI=1S/C25H21BrN2O2/c1-18-7-5-6-10-22(18)27-24(30)25(16-15-19-8-3-2-4-9-19)17-23(29)28(25)21-13-11-20(26)12-14-21/h2-16H,17H2,1H3,(H,27,30)/b16-15+/t25-/m0/s1. The van der Waals surface area contributed by atoms with Gasteiger partial charge >= 0.3 is 0 Å². The number of carbonyl (C=O) groups excluding carboxylic acids is 2. The maximum atomic E-state index is 13.5. The van der Waals surface area contributed by atoms with Crippen molar-refractivity contribution in [3.05, 3.63) is 101 Å². The molecule has 2 amide bonds. The summed E-state index contributed by atoms with van der Waals surface area (Å²) >= 11 is 3.42. The van der Waals surface area contributed by atoms with E-state index in [2.05, 4.69) is 21.2 Å². The van der Waals surface area contributed by atoms with Gasteiger partial charge in [0.1, 0.15) is 0 Å². The fourth-order valence-electron chi connectivity index (χ4n) is 3.62. The first kappa shape index (κ1) is 20.1. The molecule has 1 saturated heterocycles. The number of benzene rings is 3. The lowest BCUT2D eigenvalue weighted by Gasteiger charge is -2.48. The van der Waals surface area contributed by atoms with Crippen molar-refractivity contribution in [2.24, 2.45) is 0 Å². The second kappa shape index (κ2) is 8.28. The van der Waals surface area contributed by atoms with E-state index in [-0.39, 0.29) is 18.2 Å². The van der Waals surface area contributed by atoms with E-state index in [1.54, 1.807) is 4.90 Å². The number of β-lactam (4-membered cyclic amide) rings is 1. The number of carbonyl (C=O) groups is 2. The molecule has 3 aromatic rings. The van der Waals surface area contributed by atoms with Gasteiger partial charge in [-0.2, -0.15) is 0 Å². The van der Waals surface area contributed by atoms with E-state index in [9.17, 15) is 9.59 Å². The van der Waals surface area contributed by atoms with Crippen LogP contribution in [0.5, 0.6) is 0 Å². The summed E-state index contributed by atoms with van der Waals surface area (Å²) in [6.45, 7) is 1.94. The maximum absolute atomic E-state index is 13.5. The van der Waals surface area contributed by atoms with Crippen LogP contribution in [0, 0.1) is 6.92 Å². The van der Waals surface area contributed by atoms with Gasteiger partial charge in [-0.15, -0.1) is 0 Å². The molecule has 1 heterocycles. The van der Waals surface area contributed by atoms with Crippen molar-refractivity contribution >= 4 is 45.2 Å². The fourth-order valence-corrected chi connectivity index (χ4v) is 3.88. The average Bonchev–Trinajstić information content (AvgIpc) is 2.74. The Balaban J connectivity index is 1.74. The number of rotatable bonds is 5. The van der Waals surface area contributed by atoms with Crippen LogP contribution in [0.4, 0.5) is 11.4 Å². The Morgan fingerprint density at radius 1 is 1.00 bits per heavy atom. The van der Waals surface area contributed by atoms with Crippen molar-refractivity contribution < 1.29 is 9.59 Å². The molecule has 1 atom stereocenters. The topological polar surface area (TPSA) is 49.4 Å². The highest BCUT2D eigenvalue weighted by atomic mass is 79.9. The molecule has 3 aromatic carbocycles. The summed E-state index contributed by atoms with van der Waals surface area (Å²) < 4.78 is 0.911. The predicted octanol–water partition coefficient (Wildman–Crippen LogP) is 5.59. The van der Waals surface area contributed by atoms with Crippen LogP contribution in [0.1, 0.15) is 17.5 Å². The SMILES string of the molecule is Cc1ccccc1NC(=O)[C@]1(/C=C/c2ccccc2)CC(=O)N1c1ccc(Br)cc1. The van der Waals surface area contributed by atoms with Crippen LogP contribution in [0.25, 0.3) is 6.08 Å². The van der Waals surface area contributed by atoms with E-state index < -0.39 is 5.54 Å². The number of para-hydroxylation sites is 1. The molecule has 1 fully saturated rings. The van der Waals surface area contributed by atoms with Crippen molar-refractivity contribution in [1.29, 1.82) is 0 Å². The molecule has 0 aromatic heterocycles. The third-order valence-corrected chi connectivity index (χ3v) is 5.82. The summed E-state index contributed by atoms with van der Waals surface area (Å²) in [6.07, 6.45) is 3.85. The third kappa shape index (κ3) is 3.81. The number of hydrogen-bond acceptors (Lipinski definition) is 2. The molecular weight excluding hydrogens is 440 g/mol. The average molecular weight is 461 g/mol. The molecule has 5 heteroatoms. The van der Waals surface area contributed by atoms with E-state index in [1.807, 2.05) is 97.9 Å². The van der Waals surface area contributed by atoms with Crippen LogP contribution in [-0.2, 0) is 9.59 Å². The first-order valence-corrected chi connectivity index (χ1v) is 10.5. The van der Waals surface area contributed by atoms with E-state index in [4.69, 9.17) is 0 Å². The molecule has 0 spiro atoms. The zero-order valence-corrected chi connectivity index (χ0v) is 18.1. The van der Waals surface area contributed by atoms with Crippen molar-refractivity contribution in [3.8, 4) is 0 Å². The van der Waals surface area contributed by atoms with Crippen LogP contribution in [0.2, 0.25) is 0 Å². The zero-order chi connectivity index (χ0) is 21.1. The number of halogens is 1. The molecule has 0 bridgehead atoms. The van der Waals surface area contributed by atoms with Crippen LogP contribution in [0.3, 0.4) is 0 Å². The highest BCUT2D eigenvalue weighted by Crippen LogP contribution is 2.40. The van der Waals surface area contributed by atoms with E-state index >= 15 is 0 Å². The molecule has 4 nitrogen and oxygen atoms in total. The Kier molecular flexibility index (Phi) is 5.55. The van der Waals surface area contributed by atoms with Crippen molar-refractivity contribution in [2.75, 3.05) is 10.2 Å². The van der Waals surface area contributed by atoms with Gasteiger partial charge in [-0.25, -0.2) is 0 Å². The van der Waals surface area contributed by atoms with Crippen LogP contribution >= 0.6 is 15.9 Å². The number of anilines is 2. The molecule has 1 aliphatic heterocycles. The number of hydrogen-bond donors (Lipinski definition) is 1. The molecule has 1 aliphatic rings.